The molecule has 0 saturated heterocycles. The van der Waals surface area contributed by atoms with Gasteiger partial charge in [0.05, 0.1) is 0 Å². The van der Waals surface area contributed by atoms with Crippen LogP contribution in [0.2, 0.25) is 0 Å². The second-order valence-corrected chi connectivity index (χ2v) is 6.73. The van der Waals surface area contributed by atoms with Gasteiger partial charge in [0, 0.05) is 0 Å². The Bertz CT molecular complexity index is 882. The fourth-order valence-electron chi connectivity index (χ4n) is 0.962. The van der Waals surface area contributed by atoms with Crippen molar-refractivity contribution in [1.82, 2.24) is 0 Å². The first-order chi connectivity index (χ1) is 9.77. The van der Waals surface area contributed by atoms with Gasteiger partial charge in [-0.15, -0.1) is 0 Å². The molecule has 0 spiro atoms. The largest absolute Gasteiger partial charge is 1.00 e. The molecule has 24 heavy (non-hydrogen) atoms. The van der Waals surface area contributed by atoms with Gasteiger partial charge in [0.25, 0.3) is 20.9 Å². The van der Waals surface area contributed by atoms with E-state index in [2.05, 4.69) is 8.75 Å². The van der Waals surface area contributed by atoms with Crippen LogP contribution in [0.5, 0.6) is 0 Å². The summed E-state index contributed by atoms with van der Waals surface area (Å²) >= 11 is 0. The Kier molecular flexibility index (Phi) is 8.87. The van der Waals surface area contributed by atoms with Crippen molar-refractivity contribution >= 4 is 31.4 Å². The molecule has 0 saturated carbocycles. The third-order valence-corrected chi connectivity index (χ3v) is 4.11. The van der Waals surface area contributed by atoms with Crippen LogP contribution < -0.4 is 53.3 Å². The summed E-state index contributed by atoms with van der Waals surface area (Å²) in [6.07, 6.45) is 0. The van der Waals surface area contributed by atoms with Crippen molar-refractivity contribution in [3.05, 3.63) is 20.4 Å². The maximum absolute atomic E-state index is 12.2. The van der Waals surface area contributed by atoms with Gasteiger partial charge in [0.15, 0.2) is 5.69 Å². The van der Waals surface area contributed by atoms with Crippen molar-refractivity contribution in [2.75, 3.05) is 4.72 Å². The molecule has 0 heterocycles. The molecule has 0 bridgehead atoms. The van der Waals surface area contributed by atoms with Gasteiger partial charge in [-0.2, -0.15) is 34.7 Å². The Morgan fingerprint density at radius 3 is 1.83 bits per heavy atom. The predicted octanol–water partition coefficient (Wildman–Crippen LogP) is -5.31. The van der Waals surface area contributed by atoms with Crippen LogP contribution in [0.3, 0.4) is 0 Å². The summed E-state index contributed by atoms with van der Waals surface area (Å²) in [5, 5.41) is 0. The molecule has 0 radical (unpaired) electrons. The van der Waals surface area contributed by atoms with Crippen molar-refractivity contribution in [2.45, 2.75) is 11.3 Å². The van der Waals surface area contributed by atoms with E-state index in [1.807, 2.05) is 0 Å². The summed E-state index contributed by atoms with van der Waals surface area (Å²) in [4.78, 5) is 21.9. The normalized spacial score (nSPS) is 14.5. The van der Waals surface area contributed by atoms with Gasteiger partial charge in [-0.1, -0.05) is 4.39 Å². The van der Waals surface area contributed by atoms with Gasteiger partial charge in [-0.05, 0) is 4.53 Å². The van der Waals surface area contributed by atoms with Crippen LogP contribution in [-0.2, 0) is 24.4 Å². The number of nitrogens with zero attached hydrogens (tertiary/aromatic N) is 1. The summed E-state index contributed by atoms with van der Waals surface area (Å²) in [6.45, 7) is 0. The molecule has 0 aliphatic rings. The minimum absolute atomic E-state index is 0. The zero-order chi connectivity index (χ0) is 17.5. The molecule has 0 amide bonds. The molecule has 1 unspecified atom stereocenters. The first kappa shape index (κ1) is 25.8. The van der Waals surface area contributed by atoms with Crippen LogP contribution in [0.25, 0.3) is 0 Å². The Labute approximate surface area is 153 Å². The average molecular weight is 390 g/mol. The van der Waals surface area contributed by atoms with Gasteiger partial charge >= 0.3 is 59.0 Å². The molecule has 1 aromatic rings. The van der Waals surface area contributed by atoms with E-state index in [4.69, 9.17) is 0 Å². The zero-order valence-electron chi connectivity index (χ0n) is 11.6. The second kappa shape index (κ2) is 8.26. The quantitative estimate of drug-likeness (QED) is 0.305. The van der Waals surface area contributed by atoms with E-state index in [1.54, 1.807) is 0 Å². The molecule has 1 atom stereocenters. The molecule has 18 heteroatoms. The SMILES string of the molecule is O=c1c(N=S(=O)(OF)C(F)F)c(NS(=O)(=O)C(F)(F)F)c1=O.[Li+].[Li+]. The number of hydrogen-bond donors (Lipinski definition) is 1. The molecule has 1 N–H and O–H groups in total. The van der Waals surface area contributed by atoms with Crippen LogP contribution in [0.4, 0.5) is 37.9 Å². The molecule has 8 nitrogen and oxygen atoms in total. The van der Waals surface area contributed by atoms with Gasteiger partial charge in [-0.25, -0.2) is 4.21 Å². The maximum Gasteiger partial charge on any atom is 1.00 e. The first-order valence-electron chi connectivity index (χ1n) is 4.53. The van der Waals surface area contributed by atoms with Gasteiger partial charge < -0.3 is 0 Å². The molecular formula is C6H2F6Li2N2O6S2+2. The molecule has 0 fully saturated rings. The van der Waals surface area contributed by atoms with E-state index in [9.17, 15) is 48.7 Å². The van der Waals surface area contributed by atoms with E-state index in [0.29, 0.717) is 4.72 Å². The molecular weight excluding hydrogens is 388 g/mol. The first-order valence-corrected chi connectivity index (χ1v) is 7.52. The minimum atomic E-state index is -6.19. The van der Waals surface area contributed by atoms with Crippen LogP contribution in [0.1, 0.15) is 0 Å². The van der Waals surface area contributed by atoms with E-state index < -0.39 is 53.5 Å². The fourth-order valence-corrected chi connectivity index (χ4v) is 2.13. The number of sulfonamides is 1. The van der Waals surface area contributed by atoms with E-state index in [1.165, 1.54) is 0 Å². The number of nitrogens with one attached hydrogen (secondary N) is 1. The summed E-state index contributed by atoms with van der Waals surface area (Å²) in [6, 6.07) is 0. The van der Waals surface area contributed by atoms with Crippen LogP contribution in [-0.4, -0.2) is 23.9 Å². The van der Waals surface area contributed by atoms with Crippen molar-refractivity contribution in [3.63, 3.8) is 0 Å². The molecule has 1 rings (SSSR count). The number of anilines is 1. The third kappa shape index (κ3) is 4.78. The third-order valence-electron chi connectivity index (χ3n) is 1.96. The summed E-state index contributed by atoms with van der Waals surface area (Å²) in [5.41, 5.74) is -13.0. The number of alkyl halides is 5. The smallest absolute Gasteiger partial charge is 0.283 e. The van der Waals surface area contributed by atoms with Crippen molar-refractivity contribution in [1.29, 1.82) is 0 Å². The standard InChI is InChI=1S/C6H2F6N2O6S2.2Li/c7-5(8)21(17,20-12)13-1-2(4(16)3(1)15)14-22(18,19)6(9,10)11;;/h5,14H;;/q;2*+1. The van der Waals surface area contributed by atoms with Gasteiger partial charge in [0.1, 0.15) is 5.69 Å². The minimum Gasteiger partial charge on any atom is -0.283 e. The average Bonchev–Trinajstić information content (AvgIpc) is 2.40. The molecule has 0 aliphatic heterocycles. The number of hydrogen-bond acceptors (Lipinski definition) is 7. The van der Waals surface area contributed by atoms with Crippen molar-refractivity contribution in [2.24, 2.45) is 4.36 Å². The Morgan fingerprint density at radius 2 is 1.50 bits per heavy atom. The summed E-state index contributed by atoms with van der Waals surface area (Å²) < 4.78 is 110. The monoisotopic (exact) mass is 390 g/mol. The van der Waals surface area contributed by atoms with Crippen molar-refractivity contribution < 1.29 is 81.2 Å². The number of halogens is 6. The maximum atomic E-state index is 12.2. The molecule has 0 aliphatic carbocycles. The van der Waals surface area contributed by atoms with Gasteiger partial charge in [-0.3, -0.25) is 14.3 Å². The predicted molar refractivity (Wildman–Crippen MR) is 58.4 cm³/mol. The Morgan fingerprint density at radius 1 is 1.04 bits per heavy atom. The van der Waals surface area contributed by atoms with E-state index in [-0.39, 0.29) is 37.7 Å². The van der Waals surface area contributed by atoms with Crippen LogP contribution >= 0.6 is 0 Å². The topological polar surface area (TPSA) is 119 Å². The van der Waals surface area contributed by atoms with Gasteiger partial charge in [0.2, 0.25) is 0 Å². The zero-order valence-corrected chi connectivity index (χ0v) is 13.2. The molecule has 0 aromatic heterocycles. The summed E-state index contributed by atoms with van der Waals surface area (Å²) in [7, 11) is -11.7. The Hall–Kier alpha value is -0.485. The summed E-state index contributed by atoms with van der Waals surface area (Å²) in [5.74, 6) is -4.14. The van der Waals surface area contributed by atoms with Crippen molar-refractivity contribution in [3.8, 4) is 0 Å². The number of rotatable bonds is 5. The fraction of sp³-hybridized carbons (Fsp3) is 0.333. The second-order valence-electron chi connectivity index (χ2n) is 3.36. The molecule has 1 aromatic carbocycles. The van der Waals surface area contributed by atoms with E-state index >= 15 is 0 Å². The molecule has 126 valence electrons. The Balaban J connectivity index is 0. The van der Waals surface area contributed by atoms with E-state index in [0.717, 1.165) is 0 Å². The van der Waals surface area contributed by atoms with Crippen LogP contribution in [0.15, 0.2) is 14.0 Å². The van der Waals surface area contributed by atoms with Crippen LogP contribution in [0, 0.1) is 0 Å².